The van der Waals surface area contributed by atoms with E-state index >= 15 is 0 Å². The van der Waals surface area contributed by atoms with E-state index < -0.39 is 0 Å². The first kappa shape index (κ1) is 8.94. The van der Waals surface area contributed by atoms with Crippen molar-refractivity contribution in [1.29, 1.82) is 0 Å². The number of Topliss-reactive ketones (excluding diaryl/α,β-unsaturated/α-hetero) is 1. The Bertz CT molecular complexity index is 513. The predicted molar refractivity (Wildman–Crippen MR) is 52.9 cm³/mol. The van der Waals surface area contributed by atoms with E-state index in [-0.39, 0.29) is 11.6 Å². The van der Waals surface area contributed by atoms with Gasteiger partial charge in [0.15, 0.2) is 5.78 Å². The largest absolute Gasteiger partial charge is 0.339 e. The summed E-state index contributed by atoms with van der Waals surface area (Å²) in [7, 11) is 1.70. The first-order chi connectivity index (χ1) is 6.61. The van der Waals surface area contributed by atoms with Gasteiger partial charge in [-0.25, -0.2) is 4.39 Å². The Balaban J connectivity index is 2.87. The van der Waals surface area contributed by atoms with Crippen LogP contribution in [0.5, 0.6) is 0 Å². The van der Waals surface area contributed by atoms with E-state index in [1.165, 1.54) is 13.0 Å². The highest BCUT2D eigenvalue weighted by molar-refractivity contribution is 5.98. The Morgan fingerprint density at radius 3 is 2.71 bits per heavy atom. The fourth-order valence-corrected chi connectivity index (χ4v) is 1.70. The first-order valence-corrected chi connectivity index (χ1v) is 4.36. The topological polar surface area (TPSA) is 22.0 Å². The van der Waals surface area contributed by atoms with Crippen LogP contribution in [0.4, 0.5) is 4.39 Å². The number of carbonyl (C=O) groups excluding carboxylic acids is 1. The lowest BCUT2D eigenvalue weighted by molar-refractivity contribution is 0.101. The van der Waals surface area contributed by atoms with Crippen molar-refractivity contribution in [2.75, 3.05) is 0 Å². The van der Waals surface area contributed by atoms with Gasteiger partial charge in [0.05, 0.1) is 11.2 Å². The van der Waals surface area contributed by atoms with Crippen molar-refractivity contribution in [2.24, 2.45) is 7.05 Å². The number of hydrogen-bond donors (Lipinski definition) is 0. The Morgan fingerprint density at radius 2 is 2.14 bits per heavy atom. The Kier molecular flexibility index (Phi) is 1.88. The molecule has 1 aromatic carbocycles. The highest BCUT2D eigenvalue weighted by atomic mass is 19.1. The van der Waals surface area contributed by atoms with Crippen LogP contribution in [0.25, 0.3) is 10.9 Å². The number of nitrogens with zero attached hydrogens (tertiary/aromatic N) is 1. The standard InChI is InChI=1S/C11H10FNO/c1-7(14)10-6-8-4-3-5-9(12)11(8)13(10)2/h3-6H,1-2H3. The summed E-state index contributed by atoms with van der Waals surface area (Å²) < 4.78 is 15.0. The normalized spacial score (nSPS) is 10.8. The maximum Gasteiger partial charge on any atom is 0.176 e. The molecule has 0 aliphatic carbocycles. The number of benzene rings is 1. The highest BCUT2D eigenvalue weighted by Crippen LogP contribution is 2.21. The third-order valence-electron chi connectivity index (χ3n) is 2.37. The molecule has 0 bridgehead atoms. The van der Waals surface area contributed by atoms with Crippen LogP contribution in [0.1, 0.15) is 17.4 Å². The average Bonchev–Trinajstić information content (AvgIpc) is 2.45. The zero-order valence-corrected chi connectivity index (χ0v) is 8.04. The van der Waals surface area contributed by atoms with Gasteiger partial charge in [0.1, 0.15) is 5.82 Å². The molecule has 0 aliphatic rings. The quantitative estimate of drug-likeness (QED) is 0.635. The summed E-state index contributed by atoms with van der Waals surface area (Å²) in [6.45, 7) is 1.48. The molecule has 2 nitrogen and oxygen atoms in total. The number of ketones is 1. The van der Waals surface area contributed by atoms with Crippen LogP contribution >= 0.6 is 0 Å². The van der Waals surface area contributed by atoms with Crippen LogP contribution < -0.4 is 0 Å². The second-order valence-electron chi connectivity index (χ2n) is 3.32. The lowest BCUT2D eigenvalue weighted by Crippen LogP contribution is -2.01. The molecule has 0 saturated heterocycles. The number of aromatic nitrogens is 1. The molecule has 0 spiro atoms. The SMILES string of the molecule is CC(=O)c1cc2cccc(F)c2n1C. The van der Waals surface area contributed by atoms with Crippen molar-refractivity contribution in [3.8, 4) is 0 Å². The Hall–Kier alpha value is -1.64. The van der Waals surface area contributed by atoms with E-state index in [2.05, 4.69) is 0 Å². The molecule has 0 N–H and O–H groups in total. The van der Waals surface area contributed by atoms with Gasteiger partial charge < -0.3 is 4.57 Å². The molecule has 0 amide bonds. The van der Waals surface area contributed by atoms with Gasteiger partial charge in [-0.1, -0.05) is 12.1 Å². The third kappa shape index (κ3) is 1.13. The molecule has 1 heterocycles. The van der Waals surface area contributed by atoms with Crippen LogP contribution in [-0.4, -0.2) is 10.4 Å². The first-order valence-electron chi connectivity index (χ1n) is 4.36. The molecule has 0 radical (unpaired) electrons. The van der Waals surface area contributed by atoms with E-state index in [0.29, 0.717) is 11.2 Å². The van der Waals surface area contributed by atoms with Gasteiger partial charge >= 0.3 is 0 Å². The second-order valence-corrected chi connectivity index (χ2v) is 3.32. The monoisotopic (exact) mass is 191 g/mol. The minimum atomic E-state index is -0.294. The van der Waals surface area contributed by atoms with Crippen molar-refractivity contribution in [1.82, 2.24) is 4.57 Å². The zero-order chi connectivity index (χ0) is 10.3. The smallest absolute Gasteiger partial charge is 0.176 e. The highest BCUT2D eigenvalue weighted by Gasteiger charge is 2.11. The summed E-state index contributed by atoms with van der Waals surface area (Å²) in [5, 5.41) is 0.762. The molecule has 2 rings (SSSR count). The number of fused-ring (bicyclic) bond motifs is 1. The van der Waals surface area contributed by atoms with E-state index in [1.807, 2.05) is 0 Å². The molecule has 0 saturated carbocycles. The minimum absolute atomic E-state index is 0.0527. The molecule has 1 aromatic heterocycles. The predicted octanol–water partition coefficient (Wildman–Crippen LogP) is 2.52. The van der Waals surface area contributed by atoms with E-state index in [4.69, 9.17) is 0 Å². The Morgan fingerprint density at radius 1 is 1.43 bits per heavy atom. The van der Waals surface area contributed by atoms with E-state index in [9.17, 15) is 9.18 Å². The molecule has 72 valence electrons. The van der Waals surface area contributed by atoms with Crippen molar-refractivity contribution in [2.45, 2.75) is 6.92 Å². The molecular formula is C11H10FNO. The van der Waals surface area contributed by atoms with Crippen molar-refractivity contribution in [3.63, 3.8) is 0 Å². The van der Waals surface area contributed by atoms with Gasteiger partial charge in [0.25, 0.3) is 0 Å². The third-order valence-corrected chi connectivity index (χ3v) is 2.37. The maximum atomic E-state index is 13.4. The summed E-state index contributed by atoms with van der Waals surface area (Å²) >= 11 is 0. The lowest BCUT2D eigenvalue weighted by atomic mass is 10.2. The second kappa shape index (κ2) is 2.94. The fourth-order valence-electron chi connectivity index (χ4n) is 1.70. The van der Waals surface area contributed by atoms with Crippen molar-refractivity contribution < 1.29 is 9.18 Å². The van der Waals surface area contributed by atoms with Gasteiger partial charge in [-0.3, -0.25) is 4.79 Å². The summed E-state index contributed by atoms with van der Waals surface area (Å²) in [6.07, 6.45) is 0. The molecule has 14 heavy (non-hydrogen) atoms. The number of rotatable bonds is 1. The van der Waals surface area contributed by atoms with Gasteiger partial charge in [0, 0.05) is 19.4 Å². The summed E-state index contributed by atoms with van der Waals surface area (Å²) in [4.78, 5) is 11.2. The zero-order valence-electron chi connectivity index (χ0n) is 8.04. The van der Waals surface area contributed by atoms with Crippen molar-refractivity contribution >= 4 is 16.7 Å². The molecule has 0 aliphatic heterocycles. The summed E-state index contributed by atoms with van der Waals surface area (Å²) in [6, 6.07) is 6.54. The molecule has 0 atom stereocenters. The van der Waals surface area contributed by atoms with Gasteiger partial charge in [-0.2, -0.15) is 0 Å². The summed E-state index contributed by atoms with van der Waals surface area (Å²) in [5.41, 5.74) is 1.02. The number of carbonyl (C=O) groups is 1. The maximum absolute atomic E-state index is 13.4. The van der Waals surface area contributed by atoms with E-state index in [0.717, 1.165) is 5.39 Å². The van der Waals surface area contributed by atoms with Crippen LogP contribution in [0.2, 0.25) is 0 Å². The number of hydrogen-bond acceptors (Lipinski definition) is 1. The van der Waals surface area contributed by atoms with Crippen LogP contribution in [0, 0.1) is 5.82 Å². The molecular weight excluding hydrogens is 181 g/mol. The number of para-hydroxylation sites is 1. The minimum Gasteiger partial charge on any atom is -0.339 e. The lowest BCUT2D eigenvalue weighted by Gasteiger charge is -2.00. The molecule has 2 aromatic rings. The summed E-state index contributed by atoms with van der Waals surface area (Å²) in [5.74, 6) is -0.347. The fraction of sp³-hybridized carbons (Fsp3) is 0.182. The van der Waals surface area contributed by atoms with Gasteiger partial charge in [-0.15, -0.1) is 0 Å². The Labute approximate surface area is 81.0 Å². The van der Waals surface area contributed by atoms with Gasteiger partial charge in [-0.05, 0) is 12.1 Å². The van der Waals surface area contributed by atoms with Crippen molar-refractivity contribution in [3.05, 3.63) is 35.8 Å². The average molecular weight is 191 g/mol. The molecule has 3 heteroatoms. The van der Waals surface area contributed by atoms with Gasteiger partial charge in [0.2, 0.25) is 0 Å². The van der Waals surface area contributed by atoms with Crippen LogP contribution in [-0.2, 0) is 7.05 Å². The van der Waals surface area contributed by atoms with Crippen LogP contribution in [0.3, 0.4) is 0 Å². The van der Waals surface area contributed by atoms with Crippen LogP contribution in [0.15, 0.2) is 24.3 Å². The molecule has 0 fully saturated rings. The number of halogens is 1. The molecule has 0 unspecified atom stereocenters. The van der Waals surface area contributed by atoms with E-state index in [1.54, 1.807) is 29.8 Å². The number of aryl methyl sites for hydroxylation is 1.